The number of hydrazone groups is 1. The Hall–Kier alpha value is -4.60. The van der Waals surface area contributed by atoms with Crippen LogP contribution in [-0.2, 0) is 32.1 Å². The highest BCUT2D eigenvalue weighted by molar-refractivity contribution is 5.98. The first kappa shape index (κ1) is 28.9. The molecule has 2 aliphatic rings. The van der Waals surface area contributed by atoms with E-state index in [-0.39, 0.29) is 44.7 Å². The molecule has 2 unspecified atom stereocenters. The SMILES string of the molecule is O=C(O)CCc1cccc(NC(=O)C(c2ccc(CN3N=C(c4ccccc4)OCC3=O)cc2)C2CCC(F)(F)C2)c1. The number of aliphatic carboxylic acids is 1. The molecule has 0 saturated heterocycles. The average Bonchev–Trinajstić information content (AvgIpc) is 3.33. The largest absolute Gasteiger partial charge is 0.481 e. The topological polar surface area (TPSA) is 108 Å². The number of ether oxygens (including phenoxy) is 1. The molecule has 2 amide bonds. The van der Waals surface area contributed by atoms with Crippen LogP contribution < -0.4 is 5.32 Å². The van der Waals surface area contributed by atoms with Crippen LogP contribution in [0.25, 0.3) is 0 Å². The number of hydrogen-bond acceptors (Lipinski definition) is 5. The number of anilines is 1. The molecular weight excluding hydrogens is 544 g/mol. The lowest BCUT2D eigenvalue weighted by Gasteiger charge is -2.25. The number of carbonyl (C=O) groups excluding carboxylic acids is 2. The van der Waals surface area contributed by atoms with E-state index in [0.29, 0.717) is 23.6 Å². The molecule has 1 heterocycles. The monoisotopic (exact) mass is 575 g/mol. The summed E-state index contributed by atoms with van der Waals surface area (Å²) in [4.78, 5) is 37.0. The van der Waals surface area contributed by atoms with Crippen LogP contribution in [0.3, 0.4) is 0 Å². The molecule has 0 radical (unpaired) electrons. The Morgan fingerprint density at radius 1 is 1.05 bits per heavy atom. The van der Waals surface area contributed by atoms with E-state index in [9.17, 15) is 23.2 Å². The third-order valence-electron chi connectivity index (χ3n) is 7.54. The summed E-state index contributed by atoms with van der Waals surface area (Å²) in [6.45, 7) is 0.0434. The van der Waals surface area contributed by atoms with Gasteiger partial charge >= 0.3 is 5.97 Å². The number of hydrogen-bond donors (Lipinski definition) is 2. The number of nitrogens with one attached hydrogen (secondary N) is 1. The molecule has 5 rings (SSSR count). The van der Waals surface area contributed by atoms with Gasteiger partial charge in [0.25, 0.3) is 5.91 Å². The zero-order valence-corrected chi connectivity index (χ0v) is 22.8. The van der Waals surface area contributed by atoms with Crippen LogP contribution in [0.2, 0.25) is 0 Å². The summed E-state index contributed by atoms with van der Waals surface area (Å²) >= 11 is 0. The molecule has 3 aromatic carbocycles. The molecule has 1 aliphatic carbocycles. The van der Waals surface area contributed by atoms with Crippen molar-refractivity contribution in [2.75, 3.05) is 11.9 Å². The van der Waals surface area contributed by atoms with Gasteiger partial charge in [0.05, 0.1) is 12.5 Å². The first-order chi connectivity index (χ1) is 20.2. The molecule has 0 aromatic heterocycles. The van der Waals surface area contributed by atoms with Crippen molar-refractivity contribution in [1.29, 1.82) is 0 Å². The minimum Gasteiger partial charge on any atom is -0.481 e. The molecule has 2 N–H and O–H groups in total. The highest BCUT2D eigenvalue weighted by atomic mass is 19.3. The van der Waals surface area contributed by atoms with Crippen LogP contribution in [0.1, 0.15) is 53.9 Å². The summed E-state index contributed by atoms with van der Waals surface area (Å²) in [6.07, 6.45) is -0.180. The van der Waals surface area contributed by atoms with Gasteiger partial charge in [-0.1, -0.05) is 54.6 Å². The predicted octanol–water partition coefficient (Wildman–Crippen LogP) is 5.58. The highest BCUT2D eigenvalue weighted by Gasteiger charge is 2.45. The smallest absolute Gasteiger partial charge is 0.303 e. The van der Waals surface area contributed by atoms with Crippen LogP contribution in [0.4, 0.5) is 14.5 Å². The molecule has 2 atom stereocenters. The number of rotatable bonds is 10. The van der Waals surface area contributed by atoms with Crippen LogP contribution in [0.15, 0.2) is 84.0 Å². The van der Waals surface area contributed by atoms with Crippen molar-refractivity contribution in [1.82, 2.24) is 5.01 Å². The summed E-state index contributed by atoms with van der Waals surface area (Å²) < 4.78 is 34.0. The molecule has 1 fully saturated rings. The number of carboxylic acids is 1. The summed E-state index contributed by atoms with van der Waals surface area (Å²) in [6, 6.07) is 23.2. The van der Waals surface area contributed by atoms with Gasteiger partial charge in [-0.2, -0.15) is 0 Å². The molecule has 8 nitrogen and oxygen atoms in total. The average molecular weight is 576 g/mol. The summed E-state index contributed by atoms with van der Waals surface area (Å²) in [5.74, 6) is -5.47. The second-order valence-corrected chi connectivity index (χ2v) is 10.7. The second kappa shape index (κ2) is 12.5. The lowest BCUT2D eigenvalue weighted by Crippen LogP contribution is -2.36. The van der Waals surface area contributed by atoms with E-state index in [2.05, 4.69) is 10.4 Å². The molecular formula is C32H31F2N3O5. The number of amides is 2. The van der Waals surface area contributed by atoms with Gasteiger partial charge in [0, 0.05) is 30.5 Å². The van der Waals surface area contributed by atoms with Crippen molar-refractivity contribution in [3.63, 3.8) is 0 Å². The van der Waals surface area contributed by atoms with Gasteiger partial charge in [0.1, 0.15) is 0 Å². The van der Waals surface area contributed by atoms with E-state index >= 15 is 0 Å². The maximum atomic E-state index is 14.2. The third-order valence-corrected chi connectivity index (χ3v) is 7.54. The minimum absolute atomic E-state index is 0.0432. The zero-order valence-electron chi connectivity index (χ0n) is 22.8. The summed E-state index contributed by atoms with van der Waals surface area (Å²) in [5, 5.41) is 17.5. The third kappa shape index (κ3) is 7.18. The molecule has 0 spiro atoms. The van der Waals surface area contributed by atoms with Crippen molar-refractivity contribution >= 4 is 29.4 Å². The van der Waals surface area contributed by atoms with Crippen LogP contribution >= 0.6 is 0 Å². The Balaban J connectivity index is 1.34. The molecule has 10 heteroatoms. The molecule has 1 aliphatic heterocycles. The van der Waals surface area contributed by atoms with Crippen LogP contribution in [0.5, 0.6) is 0 Å². The predicted molar refractivity (Wildman–Crippen MR) is 152 cm³/mol. The van der Waals surface area contributed by atoms with Crippen molar-refractivity contribution in [3.8, 4) is 0 Å². The van der Waals surface area contributed by atoms with Crippen molar-refractivity contribution in [3.05, 3.63) is 101 Å². The van der Waals surface area contributed by atoms with Gasteiger partial charge in [0.2, 0.25) is 17.7 Å². The van der Waals surface area contributed by atoms with E-state index in [1.54, 1.807) is 48.5 Å². The molecule has 3 aromatic rings. The fraction of sp³-hybridized carbons (Fsp3) is 0.312. The van der Waals surface area contributed by atoms with Gasteiger partial charge in [-0.25, -0.2) is 13.8 Å². The Bertz CT molecular complexity index is 1480. The maximum Gasteiger partial charge on any atom is 0.303 e. The van der Waals surface area contributed by atoms with E-state index in [0.717, 1.165) is 16.7 Å². The van der Waals surface area contributed by atoms with E-state index < -0.39 is 29.6 Å². The van der Waals surface area contributed by atoms with Crippen LogP contribution in [0, 0.1) is 5.92 Å². The number of aryl methyl sites for hydroxylation is 1. The lowest BCUT2D eigenvalue weighted by atomic mass is 9.83. The van der Waals surface area contributed by atoms with E-state index in [4.69, 9.17) is 9.84 Å². The Morgan fingerprint density at radius 3 is 2.50 bits per heavy atom. The highest BCUT2D eigenvalue weighted by Crippen LogP contribution is 2.46. The number of alkyl halides is 2. The van der Waals surface area contributed by atoms with Gasteiger partial charge in [-0.15, -0.1) is 5.10 Å². The number of carbonyl (C=O) groups is 3. The standard InChI is InChI=1S/C32H31F2N3O5/c33-32(34)16-15-25(18-32)29(30(41)35-26-8-4-5-21(17-26)11-14-28(39)40)23-12-9-22(10-13-23)19-37-27(38)20-42-31(36-37)24-6-2-1-3-7-24/h1-10,12-13,17,25,29H,11,14-16,18-20H2,(H,35,41)(H,39,40). The van der Waals surface area contributed by atoms with Gasteiger partial charge < -0.3 is 15.2 Å². The van der Waals surface area contributed by atoms with Gasteiger partial charge in [-0.3, -0.25) is 14.4 Å². The molecule has 42 heavy (non-hydrogen) atoms. The molecule has 218 valence electrons. The summed E-state index contributed by atoms with van der Waals surface area (Å²) in [7, 11) is 0. The van der Waals surface area contributed by atoms with Crippen LogP contribution in [-0.4, -0.2) is 46.3 Å². The Kier molecular flexibility index (Phi) is 8.61. The second-order valence-electron chi connectivity index (χ2n) is 10.7. The van der Waals surface area contributed by atoms with Gasteiger partial charge in [-0.05, 0) is 59.7 Å². The molecule has 1 saturated carbocycles. The quantitative estimate of drug-likeness (QED) is 0.328. The lowest BCUT2D eigenvalue weighted by molar-refractivity contribution is -0.137. The zero-order chi connectivity index (χ0) is 29.7. The molecule has 0 bridgehead atoms. The fourth-order valence-electron chi connectivity index (χ4n) is 5.43. The number of halogens is 2. The summed E-state index contributed by atoms with van der Waals surface area (Å²) in [5.41, 5.74) is 3.33. The minimum atomic E-state index is -2.83. The first-order valence-corrected chi connectivity index (χ1v) is 13.8. The number of benzene rings is 3. The first-order valence-electron chi connectivity index (χ1n) is 13.8. The van der Waals surface area contributed by atoms with Gasteiger partial charge in [0.15, 0.2) is 6.61 Å². The van der Waals surface area contributed by atoms with E-state index in [1.165, 1.54) is 5.01 Å². The maximum absolute atomic E-state index is 14.2. The van der Waals surface area contributed by atoms with Crippen molar-refractivity contribution in [2.45, 2.75) is 50.5 Å². The normalized spacial score (nSPS) is 18.6. The van der Waals surface area contributed by atoms with E-state index in [1.807, 2.05) is 30.3 Å². The Morgan fingerprint density at radius 2 is 1.81 bits per heavy atom. The van der Waals surface area contributed by atoms with Crippen molar-refractivity contribution < 1.29 is 33.0 Å². The van der Waals surface area contributed by atoms with Crippen molar-refractivity contribution in [2.24, 2.45) is 11.0 Å². The number of nitrogens with zero attached hydrogens (tertiary/aromatic N) is 2. The Labute approximate surface area is 242 Å². The fourth-order valence-corrected chi connectivity index (χ4v) is 5.43. The number of carboxylic acid groups (broad SMARTS) is 1.